The molecule has 1 aromatic carbocycles. The quantitative estimate of drug-likeness (QED) is 0.825. The number of hydrogen-bond acceptors (Lipinski definition) is 2. The van der Waals surface area contributed by atoms with Gasteiger partial charge in [0.25, 0.3) is 0 Å². The van der Waals surface area contributed by atoms with Gasteiger partial charge in [0.05, 0.1) is 0 Å². The van der Waals surface area contributed by atoms with Gasteiger partial charge in [-0.3, -0.25) is 4.98 Å². The van der Waals surface area contributed by atoms with Gasteiger partial charge in [0.1, 0.15) is 5.82 Å². The molecular formula is C12H14ClFN2. The summed E-state index contributed by atoms with van der Waals surface area (Å²) in [5.74, 6) is -0.214. The summed E-state index contributed by atoms with van der Waals surface area (Å²) in [5, 5.41) is 0. The fraction of sp³-hybridized carbons (Fsp3) is 0.0833. The topological polar surface area (TPSA) is 47.9 Å². The van der Waals surface area contributed by atoms with E-state index in [1.54, 1.807) is 24.5 Å². The lowest BCUT2D eigenvalue weighted by Gasteiger charge is -2.01. The summed E-state index contributed by atoms with van der Waals surface area (Å²) >= 11 is 0. The monoisotopic (exact) mass is 240 g/mol. The maximum absolute atomic E-state index is 12.7. The highest BCUT2D eigenvalue weighted by Gasteiger charge is 1.98. The molecule has 0 bridgehead atoms. The predicted molar refractivity (Wildman–Crippen MR) is 66.6 cm³/mol. The fourth-order valence-corrected chi connectivity index (χ4v) is 1.36. The lowest BCUT2D eigenvalue weighted by molar-refractivity contribution is 0.628. The van der Waals surface area contributed by atoms with Crippen LogP contribution < -0.4 is 6.15 Å². The molecule has 0 radical (unpaired) electrons. The van der Waals surface area contributed by atoms with Crippen molar-refractivity contribution < 1.29 is 4.39 Å². The molecule has 0 unspecified atom stereocenters. The first-order valence-electron chi connectivity index (χ1n) is 4.43. The molecule has 0 amide bonds. The van der Waals surface area contributed by atoms with Crippen LogP contribution in [-0.4, -0.2) is 4.98 Å². The summed E-state index contributed by atoms with van der Waals surface area (Å²) < 4.78 is 12.7. The average molecular weight is 241 g/mol. The Morgan fingerprint density at radius 3 is 2.19 bits per heavy atom. The van der Waals surface area contributed by atoms with E-state index in [2.05, 4.69) is 4.98 Å². The minimum atomic E-state index is -0.214. The molecule has 1 aromatic heterocycles. The van der Waals surface area contributed by atoms with Gasteiger partial charge < -0.3 is 6.15 Å². The fourth-order valence-electron chi connectivity index (χ4n) is 1.36. The van der Waals surface area contributed by atoms with E-state index in [4.69, 9.17) is 0 Å². The number of hydrogen-bond donors (Lipinski definition) is 1. The van der Waals surface area contributed by atoms with Crippen molar-refractivity contribution in [2.45, 2.75) is 6.92 Å². The van der Waals surface area contributed by atoms with E-state index in [1.165, 1.54) is 12.1 Å². The normalized spacial score (nSPS) is 8.88. The number of aryl methyl sites for hydroxylation is 1. The van der Waals surface area contributed by atoms with E-state index >= 15 is 0 Å². The summed E-state index contributed by atoms with van der Waals surface area (Å²) in [4.78, 5) is 4.09. The van der Waals surface area contributed by atoms with Crippen LogP contribution in [0.15, 0.2) is 42.7 Å². The molecule has 0 spiro atoms. The Bertz CT molecular complexity index is 443. The molecule has 3 N–H and O–H groups in total. The average Bonchev–Trinajstić information content (AvgIpc) is 2.19. The number of nitrogens with zero attached hydrogens (tertiary/aromatic N) is 1. The molecule has 2 rings (SSSR count). The SMILES string of the molecule is Cc1cncc(-c2ccc(F)cc2)c1.Cl.N. The molecule has 16 heavy (non-hydrogen) atoms. The molecule has 1 heterocycles. The molecule has 0 saturated heterocycles. The molecule has 0 saturated carbocycles. The van der Waals surface area contributed by atoms with Crippen LogP contribution >= 0.6 is 12.4 Å². The van der Waals surface area contributed by atoms with Gasteiger partial charge in [-0.15, -0.1) is 12.4 Å². The number of pyridine rings is 1. The van der Waals surface area contributed by atoms with E-state index in [-0.39, 0.29) is 24.4 Å². The molecule has 0 fully saturated rings. The van der Waals surface area contributed by atoms with E-state index in [0.717, 1.165) is 16.7 Å². The maximum Gasteiger partial charge on any atom is 0.123 e. The third-order valence-electron chi connectivity index (χ3n) is 2.05. The zero-order chi connectivity index (χ0) is 9.97. The van der Waals surface area contributed by atoms with Crippen LogP contribution in [0.1, 0.15) is 5.56 Å². The van der Waals surface area contributed by atoms with Gasteiger partial charge in [-0.2, -0.15) is 0 Å². The second-order valence-corrected chi connectivity index (χ2v) is 3.26. The van der Waals surface area contributed by atoms with Crippen molar-refractivity contribution in [3.63, 3.8) is 0 Å². The van der Waals surface area contributed by atoms with Gasteiger partial charge in [0.15, 0.2) is 0 Å². The Morgan fingerprint density at radius 2 is 1.62 bits per heavy atom. The van der Waals surface area contributed by atoms with Crippen molar-refractivity contribution in [3.8, 4) is 11.1 Å². The highest BCUT2D eigenvalue weighted by atomic mass is 35.5. The molecule has 4 heteroatoms. The summed E-state index contributed by atoms with van der Waals surface area (Å²) in [5.41, 5.74) is 3.11. The first-order valence-corrected chi connectivity index (χ1v) is 4.43. The maximum atomic E-state index is 12.7. The number of aromatic nitrogens is 1. The van der Waals surface area contributed by atoms with Gasteiger partial charge in [-0.1, -0.05) is 12.1 Å². The summed E-state index contributed by atoms with van der Waals surface area (Å²) in [7, 11) is 0. The molecule has 2 nitrogen and oxygen atoms in total. The van der Waals surface area contributed by atoms with Crippen LogP contribution in [0.2, 0.25) is 0 Å². The van der Waals surface area contributed by atoms with Crippen molar-refractivity contribution in [1.29, 1.82) is 0 Å². The van der Waals surface area contributed by atoms with Gasteiger partial charge in [0, 0.05) is 18.0 Å². The standard InChI is InChI=1S/C12H10FN.ClH.H3N/c1-9-6-11(8-14-7-9)10-2-4-12(13)5-3-10;;/h2-8H,1H3;1H;1H3. The zero-order valence-electron chi connectivity index (χ0n) is 8.98. The number of halogens is 2. The van der Waals surface area contributed by atoms with E-state index in [0.29, 0.717) is 0 Å². The molecule has 0 aliphatic rings. The largest absolute Gasteiger partial charge is 0.344 e. The minimum Gasteiger partial charge on any atom is -0.344 e. The number of benzene rings is 1. The van der Waals surface area contributed by atoms with Crippen LogP contribution in [0, 0.1) is 12.7 Å². The summed E-state index contributed by atoms with van der Waals surface area (Å²) in [6.45, 7) is 1.99. The lowest BCUT2D eigenvalue weighted by Crippen LogP contribution is -1.82. The van der Waals surface area contributed by atoms with E-state index in [9.17, 15) is 4.39 Å². The smallest absolute Gasteiger partial charge is 0.123 e. The van der Waals surface area contributed by atoms with Crippen molar-refractivity contribution in [3.05, 3.63) is 54.1 Å². The van der Waals surface area contributed by atoms with Crippen LogP contribution in [0.3, 0.4) is 0 Å². The lowest BCUT2D eigenvalue weighted by atomic mass is 10.1. The minimum absolute atomic E-state index is 0. The first kappa shape index (κ1) is 14.6. The van der Waals surface area contributed by atoms with Crippen LogP contribution in [0.4, 0.5) is 4.39 Å². The summed E-state index contributed by atoms with van der Waals surface area (Å²) in [6, 6.07) is 8.45. The Balaban J connectivity index is 0.00000112. The van der Waals surface area contributed by atoms with Gasteiger partial charge in [-0.05, 0) is 36.2 Å². The van der Waals surface area contributed by atoms with Crippen LogP contribution in [0.5, 0.6) is 0 Å². The molecule has 0 aliphatic heterocycles. The van der Waals surface area contributed by atoms with E-state index in [1.807, 2.05) is 13.0 Å². The van der Waals surface area contributed by atoms with Crippen LogP contribution in [0.25, 0.3) is 11.1 Å². The zero-order valence-corrected chi connectivity index (χ0v) is 9.80. The van der Waals surface area contributed by atoms with Crippen molar-refractivity contribution >= 4 is 12.4 Å². The third kappa shape index (κ3) is 3.29. The Labute approximate surface area is 101 Å². The molecule has 0 atom stereocenters. The Kier molecular flexibility index (Phi) is 5.64. The van der Waals surface area contributed by atoms with Crippen molar-refractivity contribution in [2.75, 3.05) is 0 Å². The van der Waals surface area contributed by atoms with Crippen molar-refractivity contribution in [1.82, 2.24) is 11.1 Å². The molecular weight excluding hydrogens is 227 g/mol. The second-order valence-electron chi connectivity index (χ2n) is 3.26. The van der Waals surface area contributed by atoms with Gasteiger partial charge in [-0.25, -0.2) is 4.39 Å². The third-order valence-corrected chi connectivity index (χ3v) is 2.05. The second kappa shape index (κ2) is 6.20. The molecule has 86 valence electrons. The number of rotatable bonds is 1. The molecule has 0 aliphatic carbocycles. The van der Waals surface area contributed by atoms with Crippen molar-refractivity contribution in [2.24, 2.45) is 0 Å². The van der Waals surface area contributed by atoms with E-state index < -0.39 is 0 Å². The first-order chi connectivity index (χ1) is 6.75. The highest BCUT2D eigenvalue weighted by molar-refractivity contribution is 5.85. The summed E-state index contributed by atoms with van der Waals surface area (Å²) in [6.07, 6.45) is 3.58. The predicted octanol–water partition coefficient (Wildman–Crippen LogP) is 3.78. The van der Waals surface area contributed by atoms with Gasteiger partial charge >= 0.3 is 0 Å². The molecule has 2 aromatic rings. The highest BCUT2D eigenvalue weighted by Crippen LogP contribution is 2.19. The van der Waals surface area contributed by atoms with Gasteiger partial charge in [0.2, 0.25) is 0 Å². The Hall–Kier alpha value is -1.45. The van der Waals surface area contributed by atoms with Crippen LogP contribution in [-0.2, 0) is 0 Å². The Morgan fingerprint density at radius 1 is 1.00 bits per heavy atom.